The Bertz CT molecular complexity index is 447. The molecule has 0 atom stereocenters. The first kappa shape index (κ1) is 12.3. The molecule has 2 aromatic rings. The summed E-state index contributed by atoms with van der Waals surface area (Å²) in [5.41, 5.74) is 1.40. The second-order valence-electron chi connectivity index (χ2n) is 3.66. The number of halogens is 1. The molecule has 1 nitrogen and oxygen atoms in total. The van der Waals surface area contributed by atoms with E-state index in [1.165, 1.54) is 19.1 Å². The summed E-state index contributed by atoms with van der Waals surface area (Å²) in [6.07, 6.45) is 1.11. The van der Waals surface area contributed by atoms with E-state index in [1.807, 2.05) is 22.7 Å². The van der Waals surface area contributed by atoms with Crippen LogP contribution in [-0.2, 0) is 13.0 Å². The second-order valence-corrected chi connectivity index (χ2v) is 7.21. The Morgan fingerprint density at radius 1 is 1.31 bits per heavy atom. The maximum Gasteiger partial charge on any atom is 0.0701 e. The SMILES string of the molecule is Cc1ccsc1CNCCc1ccc(Br)s1. The molecular formula is C12H14BrNS2. The highest BCUT2D eigenvalue weighted by atomic mass is 79.9. The lowest BCUT2D eigenvalue weighted by Gasteiger charge is -2.02. The zero-order valence-electron chi connectivity index (χ0n) is 9.13. The van der Waals surface area contributed by atoms with E-state index < -0.39 is 0 Å². The fourth-order valence-corrected chi connectivity index (χ4v) is 3.84. The van der Waals surface area contributed by atoms with Crippen molar-refractivity contribution in [2.24, 2.45) is 0 Å². The molecule has 4 heteroatoms. The van der Waals surface area contributed by atoms with Crippen LogP contribution in [0.4, 0.5) is 0 Å². The van der Waals surface area contributed by atoms with Crippen LogP contribution < -0.4 is 5.32 Å². The Morgan fingerprint density at radius 2 is 2.19 bits per heavy atom. The molecule has 86 valence electrons. The normalized spacial score (nSPS) is 10.9. The molecule has 0 aliphatic carbocycles. The number of hydrogen-bond donors (Lipinski definition) is 1. The summed E-state index contributed by atoms with van der Waals surface area (Å²) in [5.74, 6) is 0. The van der Waals surface area contributed by atoms with Gasteiger partial charge >= 0.3 is 0 Å². The van der Waals surface area contributed by atoms with Gasteiger partial charge in [0, 0.05) is 22.8 Å². The molecule has 0 unspecified atom stereocenters. The van der Waals surface area contributed by atoms with Crippen LogP contribution in [0.3, 0.4) is 0 Å². The summed E-state index contributed by atoms with van der Waals surface area (Å²) < 4.78 is 1.22. The van der Waals surface area contributed by atoms with Gasteiger partial charge in [-0.2, -0.15) is 0 Å². The topological polar surface area (TPSA) is 12.0 Å². The molecule has 0 bridgehead atoms. The molecule has 0 amide bonds. The Kier molecular flexibility index (Phi) is 4.58. The molecule has 0 fully saturated rings. The minimum Gasteiger partial charge on any atom is -0.311 e. The molecule has 0 radical (unpaired) electrons. The van der Waals surface area contributed by atoms with Gasteiger partial charge in [0.2, 0.25) is 0 Å². The van der Waals surface area contributed by atoms with Gasteiger partial charge < -0.3 is 5.32 Å². The fraction of sp³-hybridized carbons (Fsp3) is 0.333. The zero-order valence-corrected chi connectivity index (χ0v) is 12.3. The largest absolute Gasteiger partial charge is 0.311 e. The van der Waals surface area contributed by atoms with E-state index in [2.05, 4.69) is 51.7 Å². The fourth-order valence-electron chi connectivity index (χ4n) is 1.48. The van der Waals surface area contributed by atoms with Gasteiger partial charge in [-0.25, -0.2) is 0 Å². The first-order valence-electron chi connectivity index (χ1n) is 5.23. The van der Waals surface area contributed by atoms with E-state index in [-0.39, 0.29) is 0 Å². The summed E-state index contributed by atoms with van der Waals surface area (Å²) in [7, 11) is 0. The summed E-state index contributed by atoms with van der Waals surface area (Å²) in [4.78, 5) is 2.88. The van der Waals surface area contributed by atoms with Crippen LogP contribution in [0.5, 0.6) is 0 Å². The van der Waals surface area contributed by atoms with Crippen molar-refractivity contribution in [2.45, 2.75) is 19.9 Å². The van der Waals surface area contributed by atoms with Crippen molar-refractivity contribution in [3.63, 3.8) is 0 Å². The highest BCUT2D eigenvalue weighted by Gasteiger charge is 2.00. The van der Waals surface area contributed by atoms with Gasteiger partial charge in [0.1, 0.15) is 0 Å². The molecule has 2 aromatic heterocycles. The minimum absolute atomic E-state index is 0.996. The summed E-state index contributed by atoms with van der Waals surface area (Å²) in [6, 6.07) is 6.48. The van der Waals surface area contributed by atoms with Crippen molar-refractivity contribution in [3.05, 3.63) is 42.7 Å². The lowest BCUT2D eigenvalue weighted by atomic mass is 10.3. The molecule has 0 aromatic carbocycles. The highest BCUT2D eigenvalue weighted by Crippen LogP contribution is 2.22. The van der Waals surface area contributed by atoms with Crippen LogP contribution in [0.25, 0.3) is 0 Å². The molecule has 0 saturated carbocycles. The quantitative estimate of drug-likeness (QED) is 0.815. The van der Waals surface area contributed by atoms with E-state index in [1.54, 1.807) is 0 Å². The first-order chi connectivity index (χ1) is 7.75. The van der Waals surface area contributed by atoms with Crippen molar-refractivity contribution in [2.75, 3.05) is 6.54 Å². The van der Waals surface area contributed by atoms with Gasteiger partial charge in [0.15, 0.2) is 0 Å². The Balaban J connectivity index is 1.71. The molecule has 0 saturated heterocycles. The summed E-state index contributed by atoms with van der Waals surface area (Å²) >= 11 is 7.13. The number of thiophene rings is 2. The Morgan fingerprint density at radius 3 is 2.81 bits per heavy atom. The Hall–Kier alpha value is -0.160. The zero-order chi connectivity index (χ0) is 11.4. The molecule has 0 aliphatic rings. The number of aryl methyl sites for hydroxylation is 1. The second kappa shape index (κ2) is 5.96. The lowest BCUT2D eigenvalue weighted by Crippen LogP contribution is -2.15. The van der Waals surface area contributed by atoms with Gasteiger partial charge in [-0.3, -0.25) is 0 Å². The molecule has 16 heavy (non-hydrogen) atoms. The third-order valence-corrected chi connectivity index (χ3v) is 5.14. The minimum atomic E-state index is 0.996. The maximum absolute atomic E-state index is 3.49. The van der Waals surface area contributed by atoms with E-state index in [0.717, 1.165) is 19.5 Å². The van der Waals surface area contributed by atoms with Crippen molar-refractivity contribution >= 4 is 38.6 Å². The van der Waals surface area contributed by atoms with Crippen LogP contribution in [0.2, 0.25) is 0 Å². The average molecular weight is 316 g/mol. The third-order valence-electron chi connectivity index (χ3n) is 2.43. The highest BCUT2D eigenvalue weighted by molar-refractivity contribution is 9.11. The monoisotopic (exact) mass is 315 g/mol. The number of rotatable bonds is 5. The third kappa shape index (κ3) is 3.42. The van der Waals surface area contributed by atoms with Gasteiger partial charge in [0.05, 0.1) is 3.79 Å². The van der Waals surface area contributed by atoms with Gasteiger partial charge in [-0.05, 0) is 58.4 Å². The van der Waals surface area contributed by atoms with Crippen molar-refractivity contribution in [3.8, 4) is 0 Å². The Labute approximate surface area is 113 Å². The standard InChI is InChI=1S/C12H14BrNS2/c1-9-5-7-15-11(9)8-14-6-4-10-2-3-12(13)16-10/h2-3,5,7,14H,4,6,8H2,1H3. The molecular weight excluding hydrogens is 302 g/mol. The number of nitrogens with one attached hydrogen (secondary N) is 1. The molecule has 2 heterocycles. The number of hydrogen-bond acceptors (Lipinski definition) is 3. The lowest BCUT2D eigenvalue weighted by molar-refractivity contribution is 0.695. The van der Waals surface area contributed by atoms with Crippen LogP contribution in [-0.4, -0.2) is 6.54 Å². The van der Waals surface area contributed by atoms with Gasteiger partial charge in [0.25, 0.3) is 0 Å². The summed E-state index contributed by atoms with van der Waals surface area (Å²) in [5, 5.41) is 5.64. The van der Waals surface area contributed by atoms with Crippen molar-refractivity contribution in [1.82, 2.24) is 5.32 Å². The summed E-state index contributed by atoms with van der Waals surface area (Å²) in [6.45, 7) is 4.21. The molecule has 0 spiro atoms. The maximum atomic E-state index is 3.49. The van der Waals surface area contributed by atoms with Gasteiger partial charge in [-0.15, -0.1) is 22.7 Å². The van der Waals surface area contributed by atoms with Crippen molar-refractivity contribution in [1.29, 1.82) is 0 Å². The van der Waals surface area contributed by atoms with E-state index in [0.29, 0.717) is 0 Å². The predicted molar refractivity (Wildman–Crippen MR) is 76.5 cm³/mol. The van der Waals surface area contributed by atoms with Crippen molar-refractivity contribution < 1.29 is 0 Å². The van der Waals surface area contributed by atoms with Gasteiger partial charge in [-0.1, -0.05) is 0 Å². The van der Waals surface area contributed by atoms with Crippen LogP contribution in [0.15, 0.2) is 27.4 Å². The van der Waals surface area contributed by atoms with E-state index in [9.17, 15) is 0 Å². The van der Waals surface area contributed by atoms with E-state index >= 15 is 0 Å². The van der Waals surface area contributed by atoms with Crippen LogP contribution >= 0.6 is 38.6 Å². The molecule has 1 N–H and O–H groups in total. The van der Waals surface area contributed by atoms with E-state index in [4.69, 9.17) is 0 Å². The van der Waals surface area contributed by atoms with Crippen LogP contribution in [0, 0.1) is 6.92 Å². The predicted octanol–water partition coefficient (Wildman–Crippen LogP) is 4.21. The molecule has 0 aliphatic heterocycles. The smallest absolute Gasteiger partial charge is 0.0701 e. The first-order valence-corrected chi connectivity index (χ1v) is 7.72. The van der Waals surface area contributed by atoms with Crippen LogP contribution in [0.1, 0.15) is 15.3 Å². The average Bonchev–Trinajstić information content (AvgIpc) is 2.83. The molecule has 2 rings (SSSR count).